The molecule has 2 aliphatic rings. The molecular weight excluding hydrogens is 460 g/mol. The average molecular weight is 497 g/mol. The first-order valence-electron chi connectivity index (χ1n) is 12.4. The second kappa shape index (κ2) is 10.8. The Labute approximate surface area is 211 Å². The summed E-state index contributed by atoms with van der Waals surface area (Å²) in [5.41, 5.74) is 12.1. The number of nitrogens with two attached hydrogens (primary N) is 2. The number of carbonyl (C=O) groups is 2. The van der Waals surface area contributed by atoms with Crippen molar-refractivity contribution >= 4 is 17.8 Å². The topological polar surface area (TPSA) is 143 Å². The molecule has 3 amide bonds. The van der Waals surface area contributed by atoms with Gasteiger partial charge in [0, 0.05) is 45.5 Å². The fraction of sp³-hybridized carbons (Fsp3) is 0.520. The molecule has 2 saturated heterocycles. The lowest BCUT2D eigenvalue weighted by molar-refractivity contribution is -0.137. The van der Waals surface area contributed by atoms with Crippen LogP contribution in [0.3, 0.4) is 0 Å². The molecule has 2 fully saturated rings. The Kier molecular flexibility index (Phi) is 7.72. The second-order valence-electron chi connectivity index (χ2n) is 10.2. The standard InChI is InChI=1S/C25H36N8O3/c1-25(2,27)22(34)31-11-13-32(14-12-31)23(35)28-21-8-10-33(24(36)29-21)20-5-3-18(4-6-20)16-30-9-7-19(15-26)17-30/h3-6,8,10,19H,7,9,11-17,26-27H2,1-2H3,(H,28,29,35,36)/t19-/m1/s1. The Morgan fingerprint density at radius 3 is 2.31 bits per heavy atom. The summed E-state index contributed by atoms with van der Waals surface area (Å²) in [5, 5.41) is 2.68. The Bertz CT molecular complexity index is 1130. The molecule has 4 rings (SSSR count). The largest absolute Gasteiger partial charge is 0.354 e. The van der Waals surface area contributed by atoms with Crippen molar-refractivity contribution in [1.29, 1.82) is 0 Å². The number of aromatic nitrogens is 2. The zero-order valence-corrected chi connectivity index (χ0v) is 21.0. The number of hydrogen-bond donors (Lipinski definition) is 3. The molecule has 0 spiro atoms. The third kappa shape index (κ3) is 6.10. The number of likely N-dealkylation sites (tertiary alicyclic amines) is 1. The highest BCUT2D eigenvalue weighted by molar-refractivity contribution is 5.89. The van der Waals surface area contributed by atoms with E-state index in [0.29, 0.717) is 37.8 Å². The highest BCUT2D eigenvalue weighted by Gasteiger charge is 2.31. The maximum absolute atomic E-state index is 12.7. The fourth-order valence-electron chi connectivity index (χ4n) is 4.65. The first-order chi connectivity index (χ1) is 17.1. The minimum atomic E-state index is -0.944. The number of hydrogen-bond acceptors (Lipinski definition) is 7. The van der Waals surface area contributed by atoms with E-state index in [1.165, 1.54) is 10.1 Å². The zero-order chi connectivity index (χ0) is 25.9. The molecule has 11 nitrogen and oxygen atoms in total. The number of benzene rings is 1. The van der Waals surface area contributed by atoms with Crippen LogP contribution in [0.5, 0.6) is 0 Å². The van der Waals surface area contributed by atoms with Gasteiger partial charge in [0.05, 0.1) is 11.2 Å². The van der Waals surface area contributed by atoms with Gasteiger partial charge in [0.1, 0.15) is 5.82 Å². The Morgan fingerprint density at radius 2 is 1.72 bits per heavy atom. The minimum absolute atomic E-state index is 0.142. The van der Waals surface area contributed by atoms with Crippen molar-refractivity contribution in [3.05, 3.63) is 52.6 Å². The number of urea groups is 1. The van der Waals surface area contributed by atoms with Crippen LogP contribution in [0.25, 0.3) is 5.69 Å². The number of nitrogens with zero attached hydrogens (tertiary/aromatic N) is 5. The normalized spacial score (nSPS) is 18.9. The molecule has 3 heterocycles. The van der Waals surface area contributed by atoms with Gasteiger partial charge in [-0.2, -0.15) is 4.98 Å². The number of rotatable bonds is 6. The molecule has 0 aliphatic carbocycles. The quantitative estimate of drug-likeness (QED) is 0.526. The molecule has 2 aliphatic heterocycles. The van der Waals surface area contributed by atoms with Crippen LogP contribution < -0.4 is 22.5 Å². The Balaban J connectivity index is 1.32. The van der Waals surface area contributed by atoms with Crippen LogP contribution in [0, 0.1) is 5.92 Å². The summed E-state index contributed by atoms with van der Waals surface area (Å²) >= 11 is 0. The van der Waals surface area contributed by atoms with Crippen molar-refractivity contribution < 1.29 is 9.59 Å². The van der Waals surface area contributed by atoms with Gasteiger partial charge in [-0.05, 0) is 63.0 Å². The molecule has 0 unspecified atom stereocenters. The molecule has 194 valence electrons. The zero-order valence-electron chi connectivity index (χ0n) is 21.0. The number of amides is 3. The third-order valence-corrected chi connectivity index (χ3v) is 6.77. The van der Waals surface area contributed by atoms with E-state index in [2.05, 4.69) is 15.2 Å². The van der Waals surface area contributed by atoms with Crippen LogP contribution in [0.15, 0.2) is 41.3 Å². The van der Waals surface area contributed by atoms with E-state index < -0.39 is 11.2 Å². The monoisotopic (exact) mass is 496 g/mol. The van der Waals surface area contributed by atoms with E-state index in [-0.39, 0.29) is 17.8 Å². The maximum atomic E-state index is 12.7. The molecule has 11 heteroatoms. The van der Waals surface area contributed by atoms with E-state index in [0.717, 1.165) is 32.6 Å². The first kappa shape index (κ1) is 25.8. The predicted molar refractivity (Wildman–Crippen MR) is 138 cm³/mol. The highest BCUT2D eigenvalue weighted by atomic mass is 16.2. The van der Waals surface area contributed by atoms with Crippen molar-refractivity contribution in [2.45, 2.75) is 32.4 Å². The lowest BCUT2D eigenvalue weighted by atomic mass is 10.1. The first-order valence-corrected chi connectivity index (χ1v) is 12.4. The van der Waals surface area contributed by atoms with Gasteiger partial charge in [0.15, 0.2) is 0 Å². The number of piperazine rings is 1. The van der Waals surface area contributed by atoms with Gasteiger partial charge in [-0.25, -0.2) is 9.59 Å². The minimum Gasteiger partial charge on any atom is -0.338 e. The van der Waals surface area contributed by atoms with E-state index >= 15 is 0 Å². The maximum Gasteiger partial charge on any atom is 0.354 e. The van der Waals surface area contributed by atoms with Gasteiger partial charge < -0.3 is 21.3 Å². The van der Waals surface area contributed by atoms with Gasteiger partial charge in [0.25, 0.3) is 0 Å². The summed E-state index contributed by atoms with van der Waals surface area (Å²) in [5.74, 6) is 0.616. The van der Waals surface area contributed by atoms with Gasteiger partial charge in [-0.15, -0.1) is 0 Å². The molecule has 1 aromatic heterocycles. The van der Waals surface area contributed by atoms with Gasteiger partial charge in [-0.1, -0.05) is 12.1 Å². The lowest BCUT2D eigenvalue weighted by Crippen LogP contribution is -2.58. The fourth-order valence-corrected chi connectivity index (χ4v) is 4.65. The van der Waals surface area contributed by atoms with E-state index in [1.807, 2.05) is 24.3 Å². The SMILES string of the molecule is CC(C)(N)C(=O)N1CCN(C(=O)Nc2ccn(-c3ccc(CN4CC[C@H](CN)C4)cc3)c(=O)n2)CC1. The smallest absolute Gasteiger partial charge is 0.338 e. The molecule has 2 aromatic rings. The molecule has 1 atom stereocenters. The van der Waals surface area contributed by atoms with Crippen molar-refractivity contribution in [3.63, 3.8) is 0 Å². The summed E-state index contributed by atoms with van der Waals surface area (Å²) in [4.78, 5) is 47.3. The van der Waals surface area contributed by atoms with Crippen LogP contribution in [0.4, 0.5) is 10.6 Å². The van der Waals surface area contributed by atoms with Crippen LogP contribution in [0.2, 0.25) is 0 Å². The third-order valence-electron chi connectivity index (χ3n) is 6.77. The molecular formula is C25H36N8O3. The summed E-state index contributed by atoms with van der Waals surface area (Å²) in [6.45, 7) is 8.57. The van der Waals surface area contributed by atoms with Crippen LogP contribution in [-0.2, 0) is 11.3 Å². The predicted octanol–water partition coefficient (Wildman–Crippen LogP) is 0.427. The summed E-state index contributed by atoms with van der Waals surface area (Å²) in [7, 11) is 0. The van der Waals surface area contributed by atoms with Crippen LogP contribution >= 0.6 is 0 Å². The van der Waals surface area contributed by atoms with E-state index in [1.54, 1.807) is 35.9 Å². The van der Waals surface area contributed by atoms with Crippen LogP contribution in [-0.4, -0.2) is 87.5 Å². The molecule has 5 N–H and O–H groups in total. The summed E-state index contributed by atoms with van der Waals surface area (Å²) < 4.78 is 1.44. The molecule has 36 heavy (non-hydrogen) atoms. The van der Waals surface area contributed by atoms with Crippen molar-refractivity contribution in [1.82, 2.24) is 24.3 Å². The molecule has 0 saturated carbocycles. The van der Waals surface area contributed by atoms with E-state index in [4.69, 9.17) is 11.5 Å². The average Bonchev–Trinajstić information content (AvgIpc) is 3.31. The number of nitrogens with one attached hydrogen (secondary N) is 1. The lowest BCUT2D eigenvalue weighted by Gasteiger charge is -2.37. The van der Waals surface area contributed by atoms with Crippen molar-refractivity contribution in [3.8, 4) is 5.69 Å². The Morgan fingerprint density at radius 1 is 1.06 bits per heavy atom. The van der Waals surface area contributed by atoms with Crippen molar-refractivity contribution in [2.24, 2.45) is 17.4 Å². The van der Waals surface area contributed by atoms with Crippen LogP contribution in [0.1, 0.15) is 25.8 Å². The second-order valence-corrected chi connectivity index (χ2v) is 10.2. The van der Waals surface area contributed by atoms with E-state index in [9.17, 15) is 14.4 Å². The number of carbonyl (C=O) groups excluding carboxylic acids is 2. The van der Waals surface area contributed by atoms with Gasteiger partial charge in [-0.3, -0.25) is 19.6 Å². The van der Waals surface area contributed by atoms with Gasteiger partial charge in [0.2, 0.25) is 5.91 Å². The highest BCUT2D eigenvalue weighted by Crippen LogP contribution is 2.18. The summed E-state index contributed by atoms with van der Waals surface area (Å²) in [6.07, 6.45) is 2.74. The summed E-state index contributed by atoms with van der Waals surface area (Å²) in [6, 6.07) is 9.07. The Hall–Kier alpha value is -3.28. The van der Waals surface area contributed by atoms with Gasteiger partial charge >= 0.3 is 11.7 Å². The molecule has 0 bridgehead atoms. The molecule has 1 aromatic carbocycles. The molecule has 0 radical (unpaired) electrons. The van der Waals surface area contributed by atoms with Crippen molar-refractivity contribution in [2.75, 3.05) is 51.1 Å². The number of anilines is 1.